The van der Waals surface area contributed by atoms with E-state index in [0.717, 1.165) is 92.8 Å². The van der Waals surface area contributed by atoms with E-state index in [4.69, 9.17) is 9.47 Å². The first kappa shape index (κ1) is 28.7. The van der Waals surface area contributed by atoms with Crippen LogP contribution in [0.2, 0.25) is 0 Å². The SMILES string of the molecule is CC(C)Oc1ccc2[nH]nc(-c3cc(N4CCN(CCN5CC6(C5)CN(C(=O)OC(C)(C)C)C6)[C@@H](C)C4)ncn3)c2c1. The van der Waals surface area contributed by atoms with Crippen LogP contribution < -0.4 is 9.64 Å². The molecular weight excluding hydrogens is 532 g/mol. The van der Waals surface area contributed by atoms with Crippen LogP contribution >= 0.6 is 0 Å². The zero-order valence-corrected chi connectivity index (χ0v) is 25.8. The number of piperazine rings is 1. The Kier molecular flexibility index (Phi) is 7.51. The third kappa shape index (κ3) is 6.03. The number of carbonyl (C=O) groups is 1. The fraction of sp³-hybridized carbons (Fsp3) is 0.613. The van der Waals surface area contributed by atoms with Crippen molar-refractivity contribution >= 4 is 22.8 Å². The normalized spacial score (nSPS) is 21.1. The van der Waals surface area contributed by atoms with Crippen molar-refractivity contribution in [2.45, 2.75) is 59.3 Å². The van der Waals surface area contributed by atoms with Crippen LogP contribution in [0.25, 0.3) is 22.3 Å². The van der Waals surface area contributed by atoms with Crippen LogP contribution in [0.15, 0.2) is 30.6 Å². The quantitative estimate of drug-likeness (QED) is 0.449. The summed E-state index contributed by atoms with van der Waals surface area (Å²) in [6, 6.07) is 8.45. The third-order valence-corrected chi connectivity index (χ3v) is 8.42. The molecule has 2 aromatic heterocycles. The number of anilines is 1. The monoisotopic (exact) mass is 576 g/mol. The first-order chi connectivity index (χ1) is 20.0. The second-order valence-electron chi connectivity index (χ2n) is 13.6. The molecule has 3 saturated heterocycles. The van der Waals surface area contributed by atoms with Gasteiger partial charge in [0.1, 0.15) is 29.2 Å². The number of benzene rings is 1. The van der Waals surface area contributed by atoms with Crippen molar-refractivity contribution in [3.63, 3.8) is 0 Å². The van der Waals surface area contributed by atoms with Gasteiger partial charge in [0.2, 0.25) is 0 Å². The van der Waals surface area contributed by atoms with Crippen LogP contribution in [0, 0.1) is 5.41 Å². The van der Waals surface area contributed by atoms with E-state index in [0.29, 0.717) is 6.04 Å². The predicted octanol–water partition coefficient (Wildman–Crippen LogP) is 3.87. The summed E-state index contributed by atoms with van der Waals surface area (Å²) in [5, 5.41) is 8.69. The van der Waals surface area contributed by atoms with Gasteiger partial charge in [-0.1, -0.05) is 0 Å². The van der Waals surface area contributed by atoms with E-state index in [1.54, 1.807) is 6.33 Å². The van der Waals surface area contributed by atoms with Gasteiger partial charge in [0.05, 0.1) is 17.3 Å². The van der Waals surface area contributed by atoms with Gasteiger partial charge in [-0.05, 0) is 59.7 Å². The minimum Gasteiger partial charge on any atom is -0.491 e. The number of fused-ring (bicyclic) bond motifs is 1. The van der Waals surface area contributed by atoms with Gasteiger partial charge in [0.15, 0.2) is 0 Å². The van der Waals surface area contributed by atoms with Gasteiger partial charge in [-0.3, -0.25) is 10.00 Å². The number of nitrogens with zero attached hydrogens (tertiary/aromatic N) is 7. The second kappa shape index (κ2) is 11.0. The van der Waals surface area contributed by atoms with Gasteiger partial charge in [-0.15, -0.1) is 0 Å². The molecular formula is C31H44N8O3. The summed E-state index contributed by atoms with van der Waals surface area (Å²) >= 11 is 0. The highest BCUT2D eigenvalue weighted by Crippen LogP contribution is 2.40. The number of aromatic nitrogens is 4. The average Bonchev–Trinajstić information content (AvgIpc) is 3.29. The number of carbonyl (C=O) groups excluding carboxylic acids is 1. The Labute approximate surface area is 248 Å². The zero-order valence-electron chi connectivity index (χ0n) is 25.8. The van der Waals surface area contributed by atoms with Gasteiger partial charge >= 0.3 is 6.09 Å². The minimum atomic E-state index is -0.441. The fourth-order valence-electron chi connectivity index (χ4n) is 6.47. The molecule has 226 valence electrons. The van der Waals surface area contributed by atoms with E-state index in [-0.39, 0.29) is 17.6 Å². The molecule has 42 heavy (non-hydrogen) atoms. The Morgan fingerprint density at radius 3 is 2.60 bits per heavy atom. The Balaban J connectivity index is 1.000. The Hall–Kier alpha value is -3.44. The molecule has 0 radical (unpaired) electrons. The van der Waals surface area contributed by atoms with E-state index in [1.165, 1.54) is 0 Å². The lowest BCUT2D eigenvalue weighted by molar-refractivity contribution is -0.114. The van der Waals surface area contributed by atoms with Crippen molar-refractivity contribution in [1.82, 2.24) is 34.9 Å². The van der Waals surface area contributed by atoms with Gasteiger partial charge in [0.25, 0.3) is 0 Å². The molecule has 0 saturated carbocycles. The van der Waals surface area contributed by atoms with E-state index in [9.17, 15) is 4.79 Å². The summed E-state index contributed by atoms with van der Waals surface area (Å²) in [5.74, 6) is 1.75. The maximum atomic E-state index is 12.3. The van der Waals surface area contributed by atoms with Crippen molar-refractivity contribution in [2.24, 2.45) is 5.41 Å². The van der Waals surface area contributed by atoms with Crippen LogP contribution in [0.3, 0.4) is 0 Å². The molecule has 3 fully saturated rings. The number of rotatable bonds is 7. The lowest BCUT2D eigenvalue weighted by Crippen LogP contribution is -2.73. The molecule has 6 rings (SSSR count). The van der Waals surface area contributed by atoms with Crippen LogP contribution in [-0.4, -0.2) is 118 Å². The molecule has 3 aliphatic heterocycles. The Bertz CT molecular complexity index is 1420. The topological polar surface area (TPSA) is 103 Å². The molecule has 0 aliphatic carbocycles. The summed E-state index contributed by atoms with van der Waals surface area (Å²) in [6.07, 6.45) is 1.56. The molecule has 1 aromatic carbocycles. The van der Waals surface area contributed by atoms with Crippen LogP contribution in [0.5, 0.6) is 5.75 Å². The highest BCUT2D eigenvalue weighted by molar-refractivity contribution is 5.93. The fourth-order valence-corrected chi connectivity index (χ4v) is 6.47. The van der Waals surface area contributed by atoms with Gasteiger partial charge in [0, 0.05) is 81.8 Å². The predicted molar refractivity (Wildman–Crippen MR) is 163 cm³/mol. The number of amides is 1. The average molecular weight is 577 g/mol. The van der Waals surface area contributed by atoms with E-state index in [2.05, 4.69) is 41.8 Å². The number of likely N-dealkylation sites (tertiary alicyclic amines) is 2. The molecule has 3 aromatic rings. The van der Waals surface area contributed by atoms with Crippen LogP contribution in [0.1, 0.15) is 41.5 Å². The molecule has 1 atom stereocenters. The second-order valence-corrected chi connectivity index (χ2v) is 13.6. The van der Waals surface area contributed by atoms with Gasteiger partial charge < -0.3 is 24.2 Å². The summed E-state index contributed by atoms with van der Waals surface area (Å²) in [4.78, 5) is 30.8. The smallest absolute Gasteiger partial charge is 0.410 e. The van der Waals surface area contributed by atoms with Crippen LogP contribution in [-0.2, 0) is 4.74 Å². The Morgan fingerprint density at radius 2 is 1.88 bits per heavy atom. The molecule has 11 nitrogen and oxygen atoms in total. The lowest BCUT2D eigenvalue weighted by atomic mass is 9.73. The Morgan fingerprint density at radius 1 is 1.10 bits per heavy atom. The summed E-state index contributed by atoms with van der Waals surface area (Å²) in [5.41, 5.74) is 2.39. The van der Waals surface area contributed by atoms with Gasteiger partial charge in [-0.25, -0.2) is 14.8 Å². The molecule has 0 unspecified atom stereocenters. The number of nitrogens with one attached hydrogen (secondary N) is 1. The molecule has 3 aliphatic rings. The lowest BCUT2D eigenvalue weighted by Gasteiger charge is -2.60. The number of H-pyrrole nitrogens is 1. The number of aromatic amines is 1. The van der Waals surface area contributed by atoms with Crippen molar-refractivity contribution in [3.05, 3.63) is 30.6 Å². The zero-order chi connectivity index (χ0) is 29.6. The molecule has 11 heteroatoms. The highest BCUT2D eigenvalue weighted by atomic mass is 16.6. The highest BCUT2D eigenvalue weighted by Gasteiger charge is 2.53. The molecule has 5 heterocycles. The first-order valence-electron chi connectivity index (χ1n) is 15.1. The van der Waals surface area contributed by atoms with Crippen molar-refractivity contribution in [2.75, 3.05) is 63.8 Å². The van der Waals surface area contributed by atoms with Crippen molar-refractivity contribution in [1.29, 1.82) is 0 Å². The van der Waals surface area contributed by atoms with E-state index < -0.39 is 5.60 Å². The molecule has 0 bridgehead atoms. The number of hydrogen-bond acceptors (Lipinski definition) is 9. The number of hydrogen-bond donors (Lipinski definition) is 1. The summed E-state index contributed by atoms with van der Waals surface area (Å²) in [7, 11) is 0. The standard InChI is InChI=1S/C31H44N8O3/c1-21(2)41-23-7-8-25-24(13-23)28(35-34-25)26-14-27(33-20-32-26)38-12-11-37(22(3)15-38)10-9-36-16-31(17-36)18-39(19-31)29(40)42-30(4,5)6/h7-8,13-14,20-22H,9-12,15-19H2,1-6H3,(H,34,35)/t22-/m0/s1. The van der Waals surface area contributed by atoms with E-state index in [1.807, 2.05) is 63.8 Å². The minimum absolute atomic E-state index is 0.103. The summed E-state index contributed by atoms with van der Waals surface area (Å²) < 4.78 is 11.4. The third-order valence-electron chi connectivity index (χ3n) is 8.42. The van der Waals surface area contributed by atoms with Crippen molar-refractivity contribution in [3.8, 4) is 17.1 Å². The van der Waals surface area contributed by atoms with Crippen LogP contribution in [0.4, 0.5) is 10.6 Å². The van der Waals surface area contributed by atoms with Crippen molar-refractivity contribution < 1.29 is 14.3 Å². The van der Waals surface area contributed by atoms with E-state index >= 15 is 0 Å². The maximum absolute atomic E-state index is 12.3. The molecule has 1 N–H and O–H groups in total. The largest absolute Gasteiger partial charge is 0.491 e. The maximum Gasteiger partial charge on any atom is 0.410 e. The summed E-state index contributed by atoms with van der Waals surface area (Å²) in [6.45, 7) is 20.8. The molecule has 1 amide bonds. The molecule has 1 spiro atoms. The first-order valence-corrected chi connectivity index (χ1v) is 15.1. The van der Waals surface area contributed by atoms with Gasteiger partial charge in [-0.2, -0.15) is 5.10 Å². The number of ether oxygens (including phenoxy) is 2.